The number of anilines is 2. The fraction of sp³-hybridized carbons (Fsp3) is 0.133. The Kier molecular flexibility index (Phi) is 4.65. The standard InChI is InChI=1S/C15H14ClFN2O2/c1-2-21-14-6-4-10(8-12(14)16)19-15(20)11-7-9(18)3-5-13(11)17/h3-8H,2,18H2,1H3,(H,19,20). The van der Waals surface area contributed by atoms with Crippen LogP contribution in [0.4, 0.5) is 15.8 Å². The molecule has 21 heavy (non-hydrogen) atoms. The van der Waals surface area contributed by atoms with E-state index in [2.05, 4.69) is 5.32 Å². The van der Waals surface area contributed by atoms with E-state index in [9.17, 15) is 9.18 Å². The number of carbonyl (C=O) groups excluding carboxylic acids is 1. The third-order valence-electron chi connectivity index (χ3n) is 2.72. The molecule has 3 N–H and O–H groups in total. The zero-order valence-corrected chi connectivity index (χ0v) is 12.1. The second-order valence-electron chi connectivity index (χ2n) is 4.27. The van der Waals surface area contributed by atoms with Gasteiger partial charge < -0.3 is 15.8 Å². The van der Waals surface area contributed by atoms with Crippen molar-refractivity contribution in [1.29, 1.82) is 0 Å². The van der Waals surface area contributed by atoms with Gasteiger partial charge in [0, 0.05) is 11.4 Å². The van der Waals surface area contributed by atoms with Crippen LogP contribution < -0.4 is 15.8 Å². The molecule has 0 atom stereocenters. The Balaban J connectivity index is 2.19. The fourth-order valence-corrected chi connectivity index (χ4v) is 2.00. The molecular formula is C15H14ClFN2O2. The van der Waals surface area contributed by atoms with E-state index in [0.717, 1.165) is 6.07 Å². The first kappa shape index (κ1) is 15.1. The lowest BCUT2D eigenvalue weighted by molar-refractivity contribution is 0.102. The Morgan fingerprint density at radius 1 is 1.33 bits per heavy atom. The zero-order chi connectivity index (χ0) is 15.4. The number of halogens is 2. The molecule has 0 saturated carbocycles. The van der Waals surface area contributed by atoms with Gasteiger partial charge in [-0.1, -0.05) is 11.6 Å². The molecule has 0 spiro atoms. The largest absolute Gasteiger partial charge is 0.492 e. The van der Waals surface area contributed by atoms with Crippen molar-refractivity contribution in [3.8, 4) is 5.75 Å². The number of benzene rings is 2. The SMILES string of the molecule is CCOc1ccc(NC(=O)c2cc(N)ccc2F)cc1Cl. The minimum Gasteiger partial charge on any atom is -0.492 e. The summed E-state index contributed by atoms with van der Waals surface area (Å²) in [6, 6.07) is 8.61. The second-order valence-corrected chi connectivity index (χ2v) is 4.68. The van der Waals surface area contributed by atoms with Gasteiger partial charge in [-0.25, -0.2) is 4.39 Å². The van der Waals surface area contributed by atoms with E-state index in [1.807, 2.05) is 6.92 Å². The number of nitrogen functional groups attached to an aromatic ring is 1. The quantitative estimate of drug-likeness (QED) is 0.846. The molecule has 6 heteroatoms. The maximum Gasteiger partial charge on any atom is 0.258 e. The molecule has 0 aromatic heterocycles. The minimum atomic E-state index is -0.640. The first-order valence-corrected chi connectivity index (χ1v) is 6.67. The Morgan fingerprint density at radius 2 is 2.10 bits per heavy atom. The van der Waals surface area contributed by atoms with Gasteiger partial charge in [0.15, 0.2) is 0 Å². The minimum absolute atomic E-state index is 0.125. The molecule has 0 radical (unpaired) electrons. The summed E-state index contributed by atoms with van der Waals surface area (Å²) in [4.78, 5) is 12.0. The molecule has 0 heterocycles. The van der Waals surface area contributed by atoms with E-state index >= 15 is 0 Å². The molecule has 2 aromatic carbocycles. The van der Waals surface area contributed by atoms with Crippen LogP contribution >= 0.6 is 11.6 Å². The number of hydrogen-bond donors (Lipinski definition) is 2. The molecule has 0 fully saturated rings. The topological polar surface area (TPSA) is 64.3 Å². The lowest BCUT2D eigenvalue weighted by atomic mass is 10.1. The predicted octanol–water partition coefficient (Wildman–Crippen LogP) is 3.71. The lowest BCUT2D eigenvalue weighted by Gasteiger charge is -2.10. The fourth-order valence-electron chi connectivity index (χ4n) is 1.77. The summed E-state index contributed by atoms with van der Waals surface area (Å²) in [5, 5.41) is 2.93. The molecule has 0 saturated heterocycles. The van der Waals surface area contributed by atoms with Gasteiger partial charge in [0.05, 0.1) is 17.2 Å². The third-order valence-corrected chi connectivity index (χ3v) is 3.02. The second kappa shape index (κ2) is 6.45. The monoisotopic (exact) mass is 308 g/mol. The van der Waals surface area contributed by atoms with Crippen molar-refractivity contribution in [2.24, 2.45) is 0 Å². The Labute approximate surface area is 126 Å². The van der Waals surface area contributed by atoms with Crippen LogP contribution in [0.15, 0.2) is 36.4 Å². The van der Waals surface area contributed by atoms with Gasteiger partial charge in [0.2, 0.25) is 0 Å². The van der Waals surface area contributed by atoms with Crippen LogP contribution in [0.2, 0.25) is 5.02 Å². The van der Waals surface area contributed by atoms with Crippen molar-refractivity contribution >= 4 is 28.9 Å². The van der Waals surface area contributed by atoms with Crippen LogP contribution in [-0.4, -0.2) is 12.5 Å². The average molecular weight is 309 g/mol. The molecule has 0 bridgehead atoms. The maximum absolute atomic E-state index is 13.6. The van der Waals surface area contributed by atoms with Crippen molar-refractivity contribution in [1.82, 2.24) is 0 Å². The Hall–Kier alpha value is -2.27. The van der Waals surface area contributed by atoms with E-state index in [1.54, 1.807) is 12.1 Å². The number of hydrogen-bond acceptors (Lipinski definition) is 3. The van der Waals surface area contributed by atoms with Crippen molar-refractivity contribution < 1.29 is 13.9 Å². The average Bonchev–Trinajstić information content (AvgIpc) is 2.44. The highest BCUT2D eigenvalue weighted by Crippen LogP contribution is 2.28. The highest BCUT2D eigenvalue weighted by atomic mass is 35.5. The number of nitrogens with one attached hydrogen (secondary N) is 1. The lowest BCUT2D eigenvalue weighted by Crippen LogP contribution is -2.14. The molecule has 0 aliphatic carbocycles. The molecule has 2 rings (SSSR count). The summed E-state index contributed by atoms with van der Waals surface area (Å²) in [7, 11) is 0. The van der Waals surface area contributed by atoms with E-state index in [1.165, 1.54) is 18.2 Å². The molecular weight excluding hydrogens is 295 g/mol. The summed E-state index contributed by atoms with van der Waals surface area (Å²) in [6.45, 7) is 2.33. The van der Waals surface area contributed by atoms with Crippen LogP contribution in [0.25, 0.3) is 0 Å². The van der Waals surface area contributed by atoms with Crippen LogP contribution in [0, 0.1) is 5.82 Å². The Morgan fingerprint density at radius 3 is 2.76 bits per heavy atom. The van der Waals surface area contributed by atoms with Gasteiger partial charge >= 0.3 is 0 Å². The summed E-state index contributed by atoms with van der Waals surface area (Å²) >= 11 is 6.02. The van der Waals surface area contributed by atoms with Gasteiger partial charge in [-0.2, -0.15) is 0 Å². The first-order chi connectivity index (χ1) is 10.0. The molecule has 2 aromatic rings. The predicted molar refractivity (Wildman–Crippen MR) is 81.4 cm³/mol. The number of ether oxygens (including phenoxy) is 1. The van der Waals surface area contributed by atoms with Crippen molar-refractivity contribution in [2.45, 2.75) is 6.92 Å². The normalized spacial score (nSPS) is 10.2. The molecule has 110 valence electrons. The number of nitrogens with two attached hydrogens (primary N) is 1. The summed E-state index contributed by atoms with van der Waals surface area (Å²) < 4.78 is 18.9. The van der Waals surface area contributed by atoms with Gasteiger partial charge in [-0.15, -0.1) is 0 Å². The molecule has 1 amide bonds. The Bertz CT molecular complexity index is 677. The third kappa shape index (κ3) is 3.64. The highest BCUT2D eigenvalue weighted by molar-refractivity contribution is 6.32. The van der Waals surface area contributed by atoms with E-state index in [4.69, 9.17) is 22.1 Å². The molecule has 4 nitrogen and oxygen atoms in total. The van der Waals surface area contributed by atoms with Crippen LogP contribution in [-0.2, 0) is 0 Å². The summed E-state index contributed by atoms with van der Waals surface area (Å²) in [5.41, 5.74) is 6.18. The van der Waals surface area contributed by atoms with Crippen LogP contribution in [0.3, 0.4) is 0 Å². The number of carbonyl (C=O) groups is 1. The van der Waals surface area contributed by atoms with Gasteiger partial charge in [-0.3, -0.25) is 4.79 Å². The highest BCUT2D eigenvalue weighted by Gasteiger charge is 2.13. The first-order valence-electron chi connectivity index (χ1n) is 6.30. The van der Waals surface area contributed by atoms with Crippen LogP contribution in [0.5, 0.6) is 5.75 Å². The van der Waals surface area contributed by atoms with Crippen molar-refractivity contribution in [2.75, 3.05) is 17.7 Å². The van der Waals surface area contributed by atoms with Gasteiger partial charge in [0.25, 0.3) is 5.91 Å². The van der Waals surface area contributed by atoms with Crippen molar-refractivity contribution in [3.05, 3.63) is 52.8 Å². The van der Waals surface area contributed by atoms with Crippen LogP contribution in [0.1, 0.15) is 17.3 Å². The zero-order valence-electron chi connectivity index (χ0n) is 11.3. The number of amides is 1. The van der Waals surface area contributed by atoms with E-state index < -0.39 is 11.7 Å². The molecule has 0 unspecified atom stereocenters. The van der Waals surface area contributed by atoms with Crippen molar-refractivity contribution in [3.63, 3.8) is 0 Å². The number of rotatable bonds is 4. The van der Waals surface area contributed by atoms with Gasteiger partial charge in [0.1, 0.15) is 11.6 Å². The maximum atomic E-state index is 13.6. The summed E-state index contributed by atoms with van der Waals surface area (Å²) in [5.74, 6) is -0.717. The van der Waals surface area contributed by atoms with E-state index in [-0.39, 0.29) is 5.56 Å². The molecule has 0 aliphatic heterocycles. The van der Waals surface area contributed by atoms with Gasteiger partial charge in [-0.05, 0) is 43.3 Å². The van der Waals surface area contributed by atoms with E-state index in [0.29, 0.717) is 28.8 Å². The smallest absolute Gasteiger partial charge is 0.258 e. The molecule has 0 aliphatic rings. The summed E-state index contributed by atoms with van der Waals surface area (Å²) in [6.07, 6.45) is 0.